The second kappa shape index (κ2) is 6.75. The monoisotopic (exact) mass is 240 g/mol. The molecule has 0 aromatic heterocycles. The summed E-state index contributed by atoms with van der Waals surface area (Å²) in [5.41, 5.74) is 0. The van der Waals surface area contributed by atoms with Crippen molar-refractivity contribution < 1.29 is 9.47 Å². The lowest BCUT2D eigenvalue weighted by Gasteiger charge is -1.95. The molecule has 2 rings (SSSR count). The molecule has 0 spiro atoms. The Hall–Kier alpha value is -0.0800. The predicted octanol–water partition coefficient (Wildman–Crippen LogP) is 4.07. The molecule has 0 aromatic carbocycles. The van der Waals surface area contributed by atoms with Crippen LogP contribution in [0.25, 0.3) is 0 Å². The van der Waals surface area contributed by atoms with E-state index in [2.05, 4.69) is 13.8 Å². The van der Waals surface area contributed by atoms with Crippen molar-refractivity contribution >= 4 is 0 Å². The van der Waals surface area contributed by atoms with E-state index in [-0.39, 0.29) is 0 Å². The Kier molecular flexibility index (Phi) is 5.30. The summed E-state index contributed by atoms with van der Waals surface area (Å²) in [6, 6.07) is 0. The SMILES string of the molecule is CCCCC[C@@H]1O[C@@H]1C[C@H]1O[C@@H]1CCCCC. The van der Waals surface area contributed by atoms with Crippen molar-refractivity contribution in [1.82, 2.24) is 0 Å². The number of ether oxygens (including phenoxy) is 2. The Labute approximate surface area is 106 Å². The summed E-state index contributed by atoms with van der Waals surface area (Å²) in [7, 11) is 0. The van der Waals surface area contributed by atoms with Crippen LogP contribution in [0.1, 0.15) is 71.6 Å². The molecule has 2 aliphatic heterocycles. The van der Waals surface area contributed by atoms with Crippen LogP contribution in [-0.4, -0.2) is 24.4 Å². The Bertz CT molecular complexity index is 195. The quantitative estimate of drug-likeness (QED) is 0.425. The van der Waals surface area contributed by atoms with Crippen molar-refractivity contribution in [2.45, 2.75) is 96.1 Å². The van der Waals surface area contributed by atoms with Crippen LogP contribution in [0.3, 0.4) is 0 Å². The molecule has 2 fully saturated rings. The first-order valence-electron chi connectivity index (χ1n) is 7.66. The first kappa shape index (κ1) is 13.4. The van der Waals surface area contributed by atoms with E-state index in [4.69, 9.17) is 9.47 Å². The number of epoxide rings is 2. The number of hydrogen-bond acceptors (Lipinski definition) is 2. The molecule has 0 saturated carbocycles. The summed E-state index contributed by atoms with van der Waals surface area (Å²) in [6.45, 7) is 4.51. The van der Waals surface area contributed by atoms with Gasteiger partial charge in [-0.05, 0) is 12.8 Å². The smallest absolute Gasteiger partial charge is 0.0867 e. The second-order valence-electron chi connectivity index (χ2n) is 5.65. The zero-order chi connectivity index (χ0) is 12.1. The fourth-order valence-electron chi connectivity index (χ4n) is 2.70. The van der Waals surface area contributed by atoms with Gasteiger partial charge in [0.15, 0.2) is 0 Å². The van der Waals surface area contributed by atoms with Gasteiger partial charge in [-0.1, -0.05) is 52.4 Å². The maximum Gasteiger partial charge on any atom is 0.0867 e. The van der Waals surface area contributed by atoms with Gasteiger partial charge in [0.05, 0.1) is 24.4 Å². The van der Waals surface area contributed by atoms with Crippen LogP contribution in [0, 0.1) is 0 Å². The van der Waals surface area contributed by atoms with E-state index >= 15 is 0 Å². The minimum atomic E-state index is 0.535. The zero-order valence-electron chi connectivity index (χ0n) is 11.5. The summed E-state index contributed by atoms with van der Waals surface area (Å²) in [5, 5.41) is 0. The van der Waals surface area contributed by atoms with Gasteiger partial charge in [-0.3, -0.25) is 0 Å². The number of unbranched alkanes of at least 4 members (excludes halogenated alkanes) is 4. The standard InChI is InChI=1S/C15H28O2/c1-3-5-7-9-12-14(16-12)11-15-13(17-15)10-8-6-4-2/h12-15H,3-11H2,1-2H3/t12-,13+,14-,15-/m1/s1. The van der Waals surface area contributed by atoms with E-state index in [1.165, 1.54) is 51.4 Å². The minimum absolute atomic E-state index is 0.535. The van der Waals surface area contributed by atoms with Crippen molar-refractivity contribution in [3.8, 4) is 0 Å². The topological polar surface area (TPSA) is 25.1 Å². The largest absolute Gasteiger partial charge is 0.369 e. The summed E-state index contributed by atoms with van der Waals surface area (Å²) >= 11 is 0. The molecule has 0 amide bonds. The van der Waals surface area contributed by atoms with Gasteiger partial charge in [-0.25, -0.2) is 0 Å². The Morgan fingerprint density at radius 1 is 0.647 bits per heavy atom. The van der Waals surface area contributed by atoms with Crippen LogP contribution in [0.2, 0.25) is 0 Å². The highest BCUT2D eigenvalue weighted by Gasteiger charge is 2.47. The van der Waals surface area contributed by atoms with Crippen molar-refractivity contribution in [1.29, 1.82) is 0 Å². The van der Waals surface area contributed by atoms with E-state index in [9.17, 15) is 0 Å². The van der Waals surface area contributed by atoms with Crippen molar-refractivity contribution in [3.05, 3.63) is 0 Å². The number of rotatable bonds is 10. The molecule has 0 N–H and O–H groups in total. The van der Waals surface area contributed by atoms with Crippen molar-refractivity contribution in [3.63, 3.8) is 0 Å². The maximum absolute atomic E-state index is 5.71. The van der Waals surface area contributed by atoms with Crippen LogP contribution in [-0.2, 0) is 9.47 Å². The first-order chi connectivity index (χ1) is 8.35. The van der Waals surface area contributed by atoms with Gasteiger partial charge in [0, 0.05) is 6.42 Å². The van der Waals surface area contributed by atoms with E-state index < -0.39 is 0 Å². The highest BCUT2D eigenvalue weighted by molar-refractivity contribution is 4.94. The molecule has 0 bridgehead atoms. The first-order valence-corrected chi connectivity index (χ1v) is 7.66. The predicted molar refractivity (Wildman–Crippen MR) is 70.2 cm³/mol. The van der Waals surface area contributed by atoms with Gasteiger partial charge in [0.1, 0.15) is 0 Å². The molecular weight excluding hydrogens is 212 g/mol. The van der Waals surface area contributed by atoms with E-state index in [1.807, 2.05) is 0 Å². The molecule has 0 aromatic rings. The summed E-state index contributed by atoms with van der Waals surface area (Å²) in [6.07, 6.45) is 13.9. The van der Waals surface area contributed by atoms with Crippen LogP contribution >= 0.6 is 0 Å². The van der Waals surface area contributed by atoms with Crippen LogP contribution in [0.4, 0.5) is 0 Å². The average molecular weight is 240 g/mol. The molecule has 2 aliphatic rings. The molecule has 0 aliphatic carbocycles. The van der Waals surface area contributed by atoms with Crippen LogP contribution in [0.5, 0.6) is 0 Å². The van der Waals surface area contributed by atoms with E-state index in [1.54, 1.807) is 0 Å². The normalized spacial score (nSPS) is 34.9. The molecule has 0 radical (unpaired) electrons. The van der Waals surface area contributed by atoms with Crippen LogP contribution < -0.4 is 0 Å². The molecule has 4 atom stereocenters. The number of hydrogen-bond donors (Lipinski definition) is 0. The van der Waals surface area contributed by atoms with Gasteiger partial charge >= 0.3 is 0 Å². The third-order valence-electron chi connectivity index (χ3n) is 4.02. The van der Waals surface area contributed by atoms with Gasteiger partial charge in [-0.15, -0.1) is 0 Å². The molecule has 100 valence electrons. The average Bonchev–Trinajstić information content (AvgIpc) is 3.21. The summed E-state index contributed by atoms with van der Waals surface area (Å²) in [5.74, 6) is 0. The van der Waals surface area contributed by atoms with Crippen molar-refractivity contribution in [2.24, 2.45) is 0 Å². The van der Waals surface area contributed by atoms with Gasteiger partial charge < -0.3 is 9.47 Å². The molecule has 2 heterocycles. The Morgan fingerprint density at radius 3 is 1.53 bits per heavy atom. The van der Waals surface area contributed by atoms with E-state index in [0.29, 0.717) is 24.4 Å². The van der Waals surface area contributed by atoms with Crippen molar-refractivity contribution in [2.75, 3.05) is 0 Å². The maximum atomic E-state index is 5.71. The third-order valence-corrected chi connectivity index (χ3v) is 4.02. The molecular formula is C15H28O2. The Balaban J connectivity index is 1.45. The fraction of sp³-hybridized carbons (Fsp3) is 1.00. The lowest BCUT2D eigenvalue weighted by atomic mass is 10.1. The Morgan fingerprint density at radius 2 is 1.12 bits per heavy atom. The van der Waals surface area contributed by atoms with Gasteiger partial charge in [0.25, 0.3) is 0 Å². The molecule has 2 nitrogen and oxygen atoms in total. The molecule has 2 heteroatoms. The fourth-order valence-corrected chi connectivity index (χ4v) is 2.70. The highest BCUT2D eigenvalue weighted by atomic mass is 16.6. The minimum Gasteiger partial charge on any atom is -0.369 e. The second-order valence-corrected chi connectivity index (χ2v) is 5.65. The molecule has 17 heavy (non-hydrogen) atoms. The molecule has 0 unspecified atom stereocenters. The van der Waals surface area contributed by atoms with E-state index in [0.717, 1.165) is 6.42 Å². The van der Waals surface area contributed by atoms with Gasteiger partial charge in [-0.2, -0.15) is 0 Å². The lowest BCUT2D eigenvalue weighted by molar-refractivity contribution is 0.318. The zero-order valence-corrected chi connectivity index (χ0v) is 11.5. The highest BCUT2D eigenvalue weighted by Crippen LogP contribution is 2.38. The summed E-state index contributed by atoms with van der Waals surface area (Å²) < 4.78 is 11.4. The third kappa shape index (κ3) is 4.59. The molecule has 2 saturated heterocycles. The lowest BCUT2D eigenvalue weighted by Crippen LogP contribution is -2.02. The van der Waals surface area contributed by atoms with Gasteiger partial charge in [0.2, 0.25) is 0 Å². The summed E-state index contributed by atoms with van der Waals surface area (Å²) in [4.78, 5) is 0. The van der Waals surface area contributed by atoms with Crippen LogP contribution in [0.15, 0.2) is 0 Å².